The van der Waals surface area contributed by atoms with E-state index < -0.39 is 30.2 Å². The van der Waals surface area contributed by atoms with Gasteiger partial charge in [0.25, 0.3) is 5.91 Å². The van der Waals surface area contributed by atoms with Crippen molar-refractivity contribution in [2.45, 2.75) is 13.1 Å². The molecule has 12 heteroatoms. The number of amides is 1. The molecule has 0 spiro atoms. The standard InChI is InChI=1S/C18H12F3N5O3S/c1-10-13(8-24-26(10)14-3-2-12(7-23-14)18(19,20)21)17(28)29-9-15(27)25-16-11(6-22)4-5-30-16/h2-5,7-8H,9H2,1H3,(H,25,27). The van der Waals surface area contributed by atoms with Crippen molar-refractivity contribution in [3.8, 4) is 11.9 Å². The number of thiophene rings is 1. The van der Waals surface area contributed by atoms with Gasteiger partial charge in [0.15, 0.2) is 12.4 Å². The molecule has 0 radical (unpaired) electrons. The van der Waals surface area contributed by atoms with Crippen LogP contribution in [0.25, 0.3) is 5.82 Å². The van der Waals surface area contributed by atoms with Crippen LogP contribution in [0.2, 0.25) is 0 Å². The maximum atomic E-state index is 12.7. The average Bonchev–Trinajstić information content (AvgIpc) is 3.31. The van der Waals surface area contributed by atoms with Gasteiger partial charge in [-0.3, -0.25) is 4.79 Å². The molecule has 3 aromatic heterocycles. The van der Waals surface area contributed by atoms with Crippen LogP contribution in [0.4, 0.5) is 18.2 Å². The first-order chi connectivity index (χ1) is 14.2. The van der Waals surface area contributed by atoms with E-state index in [0.29, 0.717) is 16.8 Å². The van der Waals surface area contributed by atoms with Crippen LogP contribution < -0.4 is 5.32 Å². The highest BCUT2D eigenvalue weighted by Gasteiger charge is 2.31. The number of nitrogens with one attached hydrogen (secondary N) is 1. The molecule has 3 rings (SSSR count). The van der Waals surface area contributed by atoms with E-state index in [0.717, 1.165) is 23.5 Å². The van der Waals surface area contributed by atoms with Crippen molar-refractivity contribution in [1.82, 2.24) is 14.8 Å². The van der Waals surface area contributed by atoms with E-state index in [9.17, 15) is 22.8 Å². The Bertz CT molecular complexity index is 1130. The lowest BCUT2D eigenvalue weighted by molar-refractivity contribution is -0.137. The van der Waals surface area contributed by atoms with E-state index in [1.54, 1.807) is 11.4 Å². The van der Waals surface area contributed by atoms with Crippen LogP contribution in [0.3, 0.4) is 0 Å². The molecule has 3 heterocycles. The molecule has 0 aliphatic heterocycles. The zero-order chi connectivity index (χ0) is 21.9. The Labute approximate surface area is 171 Å². The number of nitrogens with zero attached hydrogens (tertiary/aromatic N) is 4. The summed E-state index contributed by atoms with van der Waals surface area (Å²) in [5.74, 6) is -1.39. The van der Waals surface area contributed by atoms with Gasteiger partial charge in [0.2, 0.25) is 0 Å². The molecule has 0 saturated carbocycles. The number of esters is 1. The predicted molar refractivity (Wildman–Crippen MR) is 99.0 cm³/mol. The molecule has 0 atom stereocenters. The van der Waals surface area contributed by atoms with Crippen LogP contribution in [0.1, 0.15) is 27.2 Å². The van der Waals surface area contributed by atoms with E-state index in [1.165, 1.54) is 17.8 Å². The van der Waals surface area contributed by atoms with Crippen LogP contribution in [0.5, 0.6) is 0 Å². The van der Waals surface area contributed by atoms with Crippen LogP contribution in [0, 0.1) is 18.3 Å². The van der Waals surface area contributed by atoms with Crippen LogP contribution in [-0.4, -0.2) is 33.2 Å². The number of ether oxygens (including phenoxy) is 1. The number of rotatable bonds is 5. The van der Waals surface area contributed by atoms with Crippen molar-refractivity contribution in [2.24, 2.45) is 0 Å². The Morgan fingerprint density at radius 1 is 1.30 bits per heavy atom. The number of hydrogen-bond acceptors (Lipinski definition) is 7. The largest absolute Gasteiger partial charge is 0.452 e. The number of halogens is 3. The molecule has 0 unspecified atom stereocenters. The third-order valence-electron chi connectivity index (χ3n) is 3.89. The summed E-state index contributed by atoms with van der Waals surface area (Å²) in [7, 11) is 0. The highest BCUT2D eigenvalue weighted by Crippen LogP contribution is 2.29. The molecule has 0 aliphatic rings. The maximum absolute atomic E-state index is 12.7. The maximum Gasteiger partial charge on any atom is 0.417 e. The molecule has 1 N–H and O–H groups in total. The van der Waals surface area contributed by atoms with Crippen molar-refractivity contribution in [3.05, 3.63) is 58.4 Å². The number of hydrogen-bond donors (Lipinski definition) is 1. The molecule has 0 saturated heterocycles. The molecule has 0 bridgehead atoms. The predicted octanol–water partition coefficient (Wildman–Crippen LogP) is 3.32. The van der Waals surface area contributed by atoms with E-state index >= 15 is 0 Å². The molecule has 1 amide bonds. The fraction of sp³-hybridized carbons (Fsp3) is 0.167. The van der Waals surface area contributed by atoms with Gasteiger partial charge in [0.05, 0.1) is 23.0 Å². The Morgan fingerprint density at radius 3 is 2.70 bits per heavy atom. The van der Waals surface area contributed by atoms with E-state index in [4.69, 9.17) is 10.00 Å². The fourth-order valence-corrected chi connectivity index (χ4v) is 3.14. The summed E-state index contributed by atoms with van der Waals surface area (Å²) < 4.78 is 44.1. The van der Waals surface area contributed by atoms with E-state index in [-0.39, 0.29) is 17.1 Å². The molecule has 30 heavy (non-hydrogen) atoms. The second kappa shape index (κ2) is 8.34. The van der Waals surface area contributed by atoms with Gasteiger partial charge < -0.3 is 10.1 Å². The summed E-state index contributed by atoms with van der Waals surface area (Å²) in [6, 6.07) is 5.44. The van der Waals surface area contributed by atoms with Crippen molar-refractivity contribution < 1.29 is 27.5 Å². The van der Waals surface area contributed by atoms with Crippen LogP contribution >= 0.6 is 11.3 Å². The highest BCUT2D eigenvalue weighted by molar-refractivity contribution is 7.14. The van der Waals surface area contributed by atoms with Crippen molar-refractivity contribution in [1.29, 1.82) is 5.26 Å². The molecule has 154 valence electrons. The third kappa shape index (κ3) is 4.47. The number of carbonyl (C=O) groups is 2. The zero-order valence-electron chi connectivity index (χ0n) is 15.2. The second-order valence-corrected chi connectivity index (χ2v) is 6.77. The first-order valence-electron chi connectivity index (χ1n) is 8.23. The lowest BCUT2D eigenvalue weighted by atomic mass is 10.2. The van der Waals surface area contributed by atoms with E-state index in [1.807, 2.05) is 6.07 Å². The monoisotopic (exact) mass is 435 g/mol. The Kier molecular flexibility index (Phi) is 5.84. The average molecular weight is 435 g/mol. The smallest absolute Gasteiger partial charge is 0.417 e. The zero-order valence-corrected chi connectivity index (χ0v) is 16.0. The number of nitriles is 1. The van der Waals surface area contributed by atoms with Gasteiger partial charge in [0.1, 0.15) is 16.6 Å². The Balaban J connectivity index is 1.66. The van der Waals surface area contributed by atoms with Crippen LogP contribution in [0.15, 0.2) is 36.0 Å². The lowest BCUT2D eigenvalue weighted by Crippen LogP contribution is -2.21. The molecular formula is C18H12F3N5O3S. The molecule has 0 fully saturated rings. The quantitative estimate of drug-likeness (QED) is 0.616. The van der Waals surface area contributed by atoms with Gasteiger partial charge in [-0.1, -0.05) is 0 Å². The summed E-state index contributed by atoms with van der Waals surface area (Å²) in [4.78, 5) is 27.9. The summed E-state index contributed by atoms with van der Waals surface area (Å²) in [6.07, 6.45) is -2.68. The topological polar surface area (TPSA) is 110 Å². The molecule has 0 aliphatic carbocycles. The van der Waals surface area contributed by atoms with Crippen molar-refractivity contribution in [2.75, 3.05) is 11.9 Å². The van der Waals surface area contributed by atoms with Crippen molar-refractivity contribution >= 4 is 28.2 Å². The van der Waals surface area contributed by atoms with Gasteiger partial charge >= 0.3 is 12.1 Å². The first-order valence-corrected chi connectivity index (χ1v) is 9.11. The highest BCUT2D eigenvalue weighted by atomic mass is 32.1. The second-order valence-electron chi connectivity index (χ2n) is 5.86. The first kappa shape index (κ1) is 21.0. The third-order valence-corrected chi connectivity index (χ3v) is 4.72. The minimum absolute atomic E-state index is 0.0262. The Hall–Kier alpha value is -3.72. The SMILES string of the molecule is Cc1c(C(=O)OCC(=O)Nc2sccc2C#N)cnn1-c1ccc(C(F)(F)F)cn1. The number of pyridine rings is 1. The summed E-state index contributed by atoms with van der Waals surface area (Å²) in [5, 5.41) is 17.3. The minimum atomic E-state index is -4.52. The number of carbonyl (C=O) groups excluding carboxylic acids is 2. The fourth-order valence-electron chi connectivity index (χ4n) is 2.39. The molecule has 8 nitrogen and oxygen atoms in total. The summed E-state index contributed by atoms with van der Waals surface area (Å²) in [6.45, 7) is 0.915. The van der Waals surface area contributed by atoms with Crippen molar-refractivity contribution in [3.63, 3.8) is 0 Å². The van der Waals surface area contributed by atoms with Gasteiger partial charge in [-0.05, 0) is 30.5 Å². The summed E-state index contributed by atoms with van der Waals surface area (Å²) in [5.41, 5.74) is -0.316. The van der Waals surface area contributed by atoms with Gasteiger partial charge in [0, 0.05) is 6.20 Å². The number of alkyl halides is 3. The Morgan fingerprint density at radius 2 is 2.07 bits per heavy atom. The van der Waals surface area contributed by atoms with Gasteiger partial charge in [-0.15, -0.1) is 11.3 Å². The molecular weight excluding hydrogens is 423 g/mol. The van der Waals surface area contributed by atoms with Crippen LogP contribution in [-0.2, 0) is 15.7 Å². The molecule has 3 aromatic rings. The van der Waals surface area contributed by atoms with E-state index in [2.05, 4.69) is 15.4 Å². The number of aromatic nitrogens is 3. The normalized spacial score (nSPS) is 11.0. The molecule has 0 aromatic carbocycles. The lowest BCUT2D eigenvalue weighted by Gasteiger charge is -2.08. The number of anilines is 1. The van der Waals surface area contributed by atoms with Gasteiger partial charge in [-0.25, -0.2) is 14.5 Å². The summed E-state index contributed by atoms with van der Waals surface area (Å²) >= 11 is 1.15. The van der Waals surface area contributed by atoms with Gasteiger partial charge in [-0.2, -0.15) is 23.5 Å². The minimum Gasteiger partial charge on any atom is -0.452 e.